The van der Waals surface area contributed by atoms with Gasteiger partial charge >= 0.3 is 0 Å². The molecule has 1 aromatic carbocycles. The van der Waals surface area contributed by atoms with E-state index in [0.717, 1.165) is 37.3 Å². The molecule has 2 nitrogen and oxygen atoms in total. The van der Waals surface area contributed by atoms with Gasteiger partial charge in [-0.1, -0.05) is 31.4 Å². The quantitative estimate of drug-likeness (QED) is 0.581. The lowest BCUT2D eigenvalue weighted by molar-refractivity contribution is -0.131. The van der Waals surface area contributed by atoms with Crippen molar-refractivity contribution in [2.24, 2.45) is 0 Å². The van der Waals surface area contributed by atoms with Gasteiger partial charge in [-0.3, -0.25) is 4.79 Å². The van der Waals surface area contributed by atoms with Gasteiger partial charge < -0.3 is 4.90 Å². The molecule has 0 aromatic heterocycles. The average molecular weight is 329 g/mol. The van der Waals surface area contributed by atoms with Crippen molar-refractivity contribution < 1.29 is 13.6 Å². The zero-order chi connectivity index (χ0) is 17.3. The molecule has 2 fully saturated rings. The van der Waals surface area contributed by atoms with Crippen molar-refractivity contribution in [2.45, 2.75) is 43.7 Å². The Kier molecular flexibility index (Phi) is 4.65. The van der Waals surface area contributed by atoms with Crippen LogP contribution in [0.25, 0.3) is 0 Å². The van der Waals surface area contributed by atoms with E-state index >= 15 is 0 Å². The number of rotatable bonds is 4. The van der Waals surface area contributed by atoms with Crippen molar-refractivity contribution in [1.82, 2.24) is 4.90 Å². The van der Waals surface area contributed by atoms with Crippen LogP contribution in [0.15, 0.2) is 61.0 Å². The average Bonchev–Trinajstić information content (AvgIpc) is 2.82. The van der Waals surface area contributed by atoms with Gasteiger partial charge in [0.2, 0.25) is 0 Å². The van der Waals surface area contributed by atoms with Crippen molar-refractivity contribution in [2.75, 3.05) is 0 Å². The molecule has 0 aliphatic carbocycles. The molecule has 0 spiro atoms. The number of carbonyl (C=O) groups excluding carboxylic acids is 1. The number of nitrogens with zero attached hydrogens (tertiary/aromatic N) is 1. The Balaban J connectivity index is 1.78. The number of halogens is 2. The molecule has 2 aliphatic heterocycles. The minimum atomic E-state index is -0.646. The molecule has 126 valence electrons. The first-order chi connectivity index (χ1) is 11.5. The molecule has 2 atom stereocenters. The highest BCUT2D eigenvalue weighted by atomic mass is 19.1. The topological polar surface area (TPSA) is 20.3 Å². The second-order valence-electron chi connectivity index (χ2n) is 6.57. The lowest BCUT2D eigenvalue weighted by Gasteiger charge is -2.39. The molecule has 2 heterocycles. The summed E-state index contributed by atoms with van der Waals surface area (Å²) < 4.78 is 26.2. The second-order valence-corrected chi connectivity index (χ2v) is 6.57. The summed E-state index contributed by atoms with van der Waals surface area (Å²) in [4.78, 5) is 14.6. The first-order valence-electron chi connectivity index (χ1n) is 8.26. The maximum Gasteiger partial charge on any atom is 0.254 e. The predicted octanol–water partition coefficient (Wildman–Crippen LogP) is 4.66. The van der Waals surface area contributed by atoms with Crippen molar-refractivity contribution in [3.63, 3.8) is 0 Å². The normalized spacial score (nSPS) is 26.3. The van der Waals surface area contributed by atoms with Crippen LogP contribution in [0.5, 0.6) is 0 Å². The summed E-state index contributed by atoms with van der Waals surface area (Å²) in [6, 6.07) is 6.92. The van der Waals surface area contributed by atoms with Crippen molar-refractivity contribution in [3.8, 4) is 0 Å². The van der Waals surface area contributed by atoms with Crippen LogP contribution in [0, 0.1) is 5.82 Å². The van der Waals surface area contributed by atoms with Crippen LogP contribution in [0.1, 0.15) is 37.2 Å². The van der Waals surface area contributed by atoms with E-state index in [0.29, 0.717) is 5.92 Å². The molecule has 2 unspecified atom stereocenters. The van der Waals surface area contributed by atoms with Gasteiger partial charge in [-0.2, -0.15) is 0 Å². The number of fused-ring (bicyclic) bond motifs is 2. The zero-order valence-corrected chi connectivity index (χ0v) is 13.6. The van der Waals surface area contributed by atoms with E-state index in [-0.39, 0.29) is 29.4 Å². The molecular formula is C20H21F2NO. The molecule has 0 saturated carbocycles. The highest BCUT2D eigenvalue weighted by molar-refractivity contribution is 5.97. The van der Waals surface area contributed by atoms with Crippen LogP contribution in [-0.4, -0.2) is 22.9 Å². The molecule has 0 radical (unpaired) electrons. The van der Waals surface area contributed by atoms with E-state index in [1.165, 1.54) is 18.2 Å². The Morgan fingerprint density at radius 3 is 2.25 bits per heavy atom. The molecule has 24 heavy (non-hydrogen) atoms. The monoisotopic (exact) mass is 329 g/mol. The zero-order valence-electron chi connectivity index (χ0n) is 13.6. The van der Waals surface area contributed by atoms with Gasteiger partial charge in [0.05, 0.1) is 0 Å². The third kappa shape index (κ3) is 3.18. The Bertz CT molecular complexity index is 678. The molecular weight excluding hydrogens is 308 g/mol. The fourth-order valence-electron chi connectivity index (χ4n) is 4.04. The van der Waals surface area contributed by atoms with Gasteiger partial charge in [0, 0.05) is 17.7 Å². The van der Waals surface area contributed by atoms with E-state index in [1.54, 1.807) is 0 Å². The summed E-state index contributed by atoms with van der Waals surface area (Å²) in [6.45, 7) is 6.80. The first-order valence-corrected chi connectivity index (χ1v) is 8.26. The van der Waals surface area contributed by atoms with E-state index in [9.17, 15) is 13.6 Å². The highest BCUT2D eigenvalue weighted by Crippen LogP contribution is 2.43. The fraction of sp³-hybridized carbons (Fsp3) is 0.350. The smallest absolute Gasteiger partial charge is 0.254 e. The van der Waals surface area contributed by atoms with E-state index in [2.05, 4.69) is 13.2 Å². The SMILES string of the molecule is C=C/C(=C\C(=C)F)C(=O)N1C2CCC1CC(c1ccc(F)cc1)C2. The van der Waals surface area contributed by atoms with Crippen molar-refractivity contribution >= 4 is 5.91 Å². The van der Waals surface area contributed by atoms with Gasteiger partial charge in [0.15, 0.2) is 0 Å². The van der Waals surface area contributed by atoms with Gasteiger partial charge in [-0.05, 0) is 55.4 Å². The standard InChI is InChI=1S/C20H21F2NO/c1-3-14(10-13(2)21)20(24)23-18-8-9-19(23)12-16(11-18)15-4-6-17(22)7-5-15/h3-7,10,16,18-19H,1-2,8-9,11-12H2/b14-10+. The first kappa shape index (κ1) is 16.6. The van der Waals surface area contributed by atoms with Crippen LogP contribution in [0.2, 0.25) is 0 Å². The number of hydrogen-bond acceptors (Lipinski definition) is 1. The summed E-state index contributed by atoms with van der Waals surface area (Å²) in [5.41, 5.74) is 1.37. The van der Waals surface area contributed by atoms with Crippen LogP contribution < -0.4 is 0 Å². The minimum absolute atomic E-state index is 0.141. The van der Waals surface area contributed by atoms with Gasteiger partial charge in [-0.15, -0.1) is 0 Å². The number of carbonyl (C=O) groups is 1. The highest BCUT2D eigenvalue weighted by Gasteiger charge is 2.43. The van der Waals surface area contributed by atoms with Crippen LogP contribution in [-0.2, 0) is 4.79 Å². The summed E-state index contributed by atoms with van der Waals surface area (Å²) >= 11 is 0. The molecule has 0 N–H and O–H groups in total. The Morgan fingerprint density at radius 1 is 1.17 bits per heavy atom. The molecule has 2 saturated heterocycles. The summed E-state index contributed by atoms with van der Waals surface area (Å²) in [7, 11) is 0. The lowest BCUT2D eigenvalue weighted by Crippen LogP contribution is -2.46. The largest absolute Gasteiger partial charge is 0.333 e. The molecule has 4 heteroatoms. The van der Waals surface area contributed by atoms with Gasteiger partial charge in [0.1, 0.15) is 11.6 Å². The lowest BCUT2D eigenvalue weighted by atomic mass is 9.84. The van der Waals surface area contributed by atoms with Crippen molar-refractivity contribution in [1.29, 1.82) is 0 Å². The Hall–Kier alpha value is -2.23. The maximum atomic E-state index is 13.1. The van der Waals surface area contributed by atoms with Crippen LogP contribution >= 0.6 is 0 Å². The molecule has 2 bridgehead atoms. The third-order valence-corrected chi connectivity index (χ3v) is 5.09. The third-order valence-electron chi connectivity index (χ3n) is 5.09. The van der Waals surface area contributed by atoms with Crippen molar-refractivity contribution in [3.05, 3.63) is 72.4 Å². The molecule has 2 aliphatic rings. The number of benzene rings is 1. The maximum absolute atomic E-state index is 13.1. The summed E-state index contributed by atoms with van der Waals surface area (Å²) in [5, 5.41) is 0. The van der Waals surface area contributed by atoms with E-state index in [4.69, 9.17) is 0 Å². The van der Waals surface area contributed by atoms with E-state index < -0.39 is 5.83 Å². The second kappa shape index (κ2) is 6.71. The van der Waals surface area contributed by atoms with Gasteiger partial charge in [0.25, 0.3) is 5.91 Å². The number of allylic oxidation sites excluding steroid dienone is 2. The Morgan fingerprint density at radius 2 is 1.75 bits per heavy atom. The Labute approximate surface area is 141 Å². The summed E-state index contributed by atoms with van der Waals surface area (Å²) in [5.74, 6) is -0.721. The molecule has 1 aromatic rings. The fourth-order valence-corrected chi connectivity index (χ4v) is 4.04. The number of hydrogen-bond donors (Lipinski definition) is 0. The molecule has 1 amide bonds. The van der Waals surface area contributed by atoms with E-state index in [1.807, 2.05) is 17.0 Å². The molecule has 3 rings (SSSR count). The van der Waals surface area contributed by atoms with Crippen LogP contribution in [0.4, 0.5) is 8.78 Å². The number of amides is 1. The van der Waals surface area contributed by atoms with Crippen LogP contribution in [0.3, 0.4) is 0 Å². The predicted molar refractivity (Wildman–Crippen MR) is 90.6 cm³/mol. The minimum Gasteiger partial charge on any atom is -0.333 e. The number of piperidine rings is 1. The van der Waals surface area contributed by atoms with Gasteiger partial charge in [-0.25, -0.2) is 8.78 Å². The summed E-state index contributed by atoms with van der Waals surface area (Å²) in [6.07, 6.45) is 6.15.